The van der Waals surface area contributed by atoms with Crippen LogP contribution in [0.3, 0.4) is 0 Å². The van der Waals surface area contributed by atoms with E-state index in [9.17, 15) is 9.90 Å². The molecule has 0 radical (unpaired) electrons. The molecule has 7 heteroatoms. The van der Waals surface area contributed by atoms with Gasteiger partial charge >= 0.3 is 6.03 Å². The zero-order valence-electron chi connectivity index (χ0n) is 14.3. The van der Waals surface area contributed by atoms with Gasteiger partial charge in [0.15, 0.2) is 0 Å². The van der Waals surface area contributed by atoms with Crippen molar-refractivity contribution in [1.82, 2.24) is 4.90 Å². The van der Waals surface area contributed by atoms with Crippen molar-refractivity contribution in [2.24, 2.45) is 5.92 Å². The van der Waals surface area contributed by atoms with Crippen LogP contribution in [0, 0.1) is 5.92 Å². The van der Waals surface area contributed by atoms with Gasteiger partial charge in [-0.2, -0.15) is 0 Å². The Morgan fingerprint density at radius 1 is 1.27 bits per heavy atom. The molecule has 138 valence electrons. The molecule has 1 unspecified atom stereocenters. The molecule has 1 aliphatic rings. The summed E-state index contributed by atoms with van der Waals surface area (Å²) in [4.78, 5) is 15.0. The van der Waals surface area contributed by atoms with Gasteiger partial charge in [0.25, 0.3) is 0 Å². The molecular formula is C19H20Cl2N2O2S. The van der Waals surface area contributed by atoms with Gasteiger partial charge in [0, 0.05) is 29.2 Å². The van der Waals surface area contributed by atoms with Crippen molar-refractivity contribution < 1.29 is 9.90 Å². The second-order valence-electron chi connectivity index (χ2n) is 6.38. The lowest BCUT2D eigenvalue weighted by molar-refractivity contribution is 0.220. The molecule has 0 saturated heterocycles. The number of carbonyl (C=O) groups excluding carboxylic acids is 1. The number of amides is 2. The van der Waals surface area contributed by atoms with Crippen molar-refractivity contribution in [1.29, 1.82) is 0 Å². The Morgan fingerprint density at radius 3 is 2.62 bits per heavy atom. The van der Waals surface area contributed by atoms with Crippen molar-refractivity contribution in [2.45, 2.75) is 22.2 Å². The maximum absolute atomic E-state index is 12.5. The first-order valence-electron chi connectivity index (χ1n) is 8.25. The van der Waals surface area contributed by atoms with Crippen molar-refractivity contribution in [3.8, 4) is 5.75 Å². The SMILES string of the molecule is CN(Cc1ccccc1O)C(=O)Nc1ccccc1SCC1CC1(Cl)Cl. The van der Waals surface area contributed by atoms with Gasteiger partial charge in [0.05, 0.1) is 12.2 Å². The summed E-state index contributed by atoms with van der Waals surface area (Å²) in [6.45, 7) is 0.316. The molecule has 4 nitrogen and oxygen atoms in total. The average molecular weight is 411 g/mol. The average Bonchev–Trinajstić information content (AvgIpc) is 3.23. The van der Waals surface area contributed by atoms with Gasteiger partial charge in [-0.15, -0.1) is 35.0 Å². The van der Waals surface area contributed by atoms with Gasteiger partial charge in [-0.3, -0.25) is 0 Å². The first-order valence-corrected chi connectivity index (χ1v) is 9.99. The van der Waals surface area contributed by atoms with E-state index < -0.39 is 4.33 Å². The zero-order chi connectivity index (χ0) is 18.7. The van der Waals surface area contributed by atoms with Crippen LogP contribution in [0.2, 0.25) is 0 Å². The summed E-state index contributed by atoms with van der Waals surface area (Å²) in [5, 5.41) is 12.8. The lowest BCUT2D eigenvalue weighted by atomic mass is 10.2. The smallest absolute Gasteiger partial charge is 0.321 e. The highest BCUT2D eigenvalue weighted by atomic mass is 35.5. The largest absolute Gasteiger partial charge is 0.508 e. The first-order chi connectivity index (χ1) is 12.4. The van der Waals surface area contributed by atoms with Crippen LogP contribution in [0.5, 0.6) is 5.75 Å². The molecule has 0 aliphatic heterocycles. The fraction of sp³-hybridized carbons (Fsp3) is 0.316. The number of phenols is 1. The number of hydrogen-bond acceptors (Lipinski definition) is 3. The molecule has 2 N–H and O–H groups in total. The number of aromatic hydroxyl groups is 1. The molecule has 0 bridgehead atoms. The number of carbonyl (C=O) groups is 1. The summed E-state index contributed by atoms with van der Waals surface area (Å²) < 4.78 is -0.594. The Balaban J connectivity index is 1.61. The number of hydrogen-bond donors (Lipinski definition) is 2. The summed E-state index contributed by atoms with van der Waals surface area (Å²) in [6.07, 6.45) is 0.806. The van der Waals surface area contributed by atoms with Crippen LogP contribution in [0.15, 0.2) is 53.4 Å². The number of phenolic OH excluding ortho intramolecular Hbond substituents is 1. The van der Waals surface area contributed by atoms with Crippen molar-refractivity contribution in [3.63, 3.8) is 0 Å². The van der Waals surface area contributed by atoms with E-state index in [4.69, 9.17) is 23.2 Å². The summed E-state index contributed by atoms with van der Waals surface area (Å²) in [5.74, 6) is 1.27. The van der Waals surface area contributed by atoms with E-state index in [0.717, 1.165) is 22.8 Å². The van der Waals surface area contributed by atoms with Crippen LogP contribution >= 0.6 is 35.0 Å². The second kappa shape index (κ2) is 7.99. The van der Waals surface area contributed by atoms with Gasteiger partial charge in [0.2, 0.25) is 0 Å². The predicted octanol–water partition coefficient (Wildman–Crippen LogP) is 5.34. The quantitative estimate of drug-likeness (QED) is 0.498. The molecule has 3 rings (SSSR count). The van der Waals surface area contributed by atoms with E-state index in [1.807, 2.05) is 30.3 Å². The molecule has 0 aromatic heterocycles. The van der Waals surface area contributed by atoms with Gasteiger partial charge < -0.3 is 15.3 Å². The molecule has 2 amide bonds. The number of halogens is 2. The third-order valence-corrected chi connectivity index (χ3v) is 6.43. The fourth-order valence-corrected chi connectivity index (χ4v) is 4.46. The van der Waals surface area contributed by atoms with Crippen LogP contribution in [0.25, 0.3) is 0 Å². The molecule has 1 fully saturated rings. The number of para-hydroxylation sites is 2. The summed E-state index contributed by atoms with van der Waals surface area (Å²) in [6, 6.07) is 14.4. The number of anilines is 1. The van der Waals surface area contributed by atoms with Gasteiger partial charge in [-0.05, 0) is 24.6 Å². The maximum atomic E-state index is 12.5. The number of thioether (sulfide) groups is 1. The molecule has 0 spiro atoms. The van der Waals surface area contributed by atoms with E-state index >= 15 is 0 Å². The lowest BCUT2D eigenvalue weighted by Crippen LogP contribution is -2.31. The van der Waals surface area contributed by atoms with E-state index in [-0.39, 0.29) is 17.7 Å². The predicted molar refractivity (Wildman–Crippen MR) is 108 cm³/mol. The van der Waals surface area contributed by atoms with Crippen LogP contribution in [-0.2, 0) is 6.54 Å². The Kier molecular flexibility index (Phi) is 5.90. The second-order valence-corrected chi connectivity index (χ2v) is 8.99. The molecule has 26 heavy (non-hydrogen) atoms. The molecule has 1 atom stereocenters. The fourth-order valence-electron chi connectivity index (χ4n) is 2.52. The van der Waals surface area contributed by atoms with Gasteiger partial charge in [-0.25, -0.2) is 4.79 Å². The summed E-state index contributed by atoms with van der Waals surface area (Å²) >= 11 is 13.8. The highest BCUT2D eigenvalue weighted by molar-refractivity contribution is 7.99. The number of rotatable bonds is 6. The van der Waals surface area contributed by atoms with Gasteiger partial charge in [-0.1, -0.05) is 30.3 Å². The highest BCUT2D eigenvalue weighted by Gasteiger charge is 2.51. The van der Waals surface area contributed by atoms with Crippen LogP contribution in [-0.4, -0.2) is 33.2 Å². The highest BCUT2D eigenvalue weighted by Crippen LogP contribution is 2.55. The van der Waals surface area contributed by atoms with Crippen LogP contribution in [0.1, 0.15) is 12.0 Å². The summed E-state index contributed by atoms with van der Waals surface area (Å²) in [5.41, 5.74) is 1.45. The minimum atomic E-state index is -0.594. The number of alkyl halides is 2. The Morgan fingerprint density at radius 2 is 1.92 bits per heavy atom. The molecule has 1 aliphatic carbocycles. The monoisotopic (exact) mass is 410 g/mol. The summed E-state index contributed by atoms with van der Waals surface area (Å²) in [7, 11) is 1.69. The van der Waals surface area contributed by atoms with Crippen LogP contribution in [0.4, 0.5) is 10.5 Å². The number of nitrogens with one attached hydrogen (secondary N) is 1. The molecule has 2 aromatic rings. The van der Waals surface area contributed by atoms with E-state index in [2.05, 4.69) is 5.32 Å². The zero-order valence-corrected chi connectivity index (χ0v) is 16.6. The van der Waals surface area contributed by atoms with E-state index in [1.165, 1.54) is 4.90 Å². The first kappa shape index (κ1) is 19.2. The number of nitrogens with zero attached hydrogens (tertiary/aromatic N) is 1. The third kappa shape index (κ3) is 4.78. The molecular weight excluding hydrogens is 391 g/mol. The molecule has 1 saturated carbocycles. The molecule has 2 aromatic carbocycles. The molecule has 0 heterocycles. The normalized spacial score (nSPS) is 17.6. The van der Waals surface area contributed by atoms with Crippen molar-refractivity contribution in [3.05, 3.63) is 54.1 Å². The number of benzene rings is 2. The topological polar surface area (TPSA) is 52.6 Å². The minimum absolute atomic E-state index is 0.179. The maximum Gasteiger partial charge on any atom is 0.321 e. The Bertz CT molecular complexity index is 801. The lowest BCUT2D eigenvalue weighted by Gasteiger charge is -2.20. The third-order valence-electron chi connectivity index (χ3n) is 4.27. The van der Waals surface area contributed by atoms with E-state index in [0.29, 0.717) is 12.1 Å². The Labute approximate surface area is 167 Å². The van der Waals surface area contributed by atoms with Crippen LogP contribution < -0.4 is 5.32 Å². The van der Waals surface area contributed by atoms with Crippen molar-refractivity contribution >= 4 is 46.7 Å². The van der Waals surface area contributed by atoms with E-state index in [1.54, 1.807) is 37.0 Å². The Hall–Kier alpha value is -1.56. The standard InChI is InChI=1S/C19H20Cl2N2O2S/c1-23(11-13-6-2-4-8-16(13)24)18(25)22-15-7-3-5-9-17(15)26-12-14-10-19(14,20)21/h2-9,14,24H,10-12H2,1H3,(H,22,25). The number of urea groups is 1. The minimum Gasteiger partial charge on any atom is -0.508 e. The van der Waals surface area contributed by atoms with Gasteiger partial charge in [0.1, 0.15) is 10.1 Å². The van der Waals surface area contributed by atoms with Crippen molar-refractivity contribution in [2.75, 3.05) is 18.1 Å².